The van der Waals surface area contributed by atoms with E-state index in [2.05, 4.69) is 26.2 Å². The van der Waals surface area contributed by atoms with Crippen molar-refractivity contribution in [3.05, 3.63) is 22.3 Å². The topological polar surface area (TPSA) is 54.5 Å². The number of methoxy groups -OCH3 is 1. The molecule has 1 aromatic rings. The summed E-state index contributed by atoms with van der Waals surface area (Å²) in [4.78, 5) is 18.6. The van der Waals surface area contributed by atoms with Crippen molar-refractivity contribution in [2.24, 2.45) is 0 Å². The van der Waals surface area contributed by atoms with Crippen LogP contribution in [0.2, 0.25) is 0 Å². The third kappa shape index (κ3) is 3.25. The quantitative estimate of drug-likeness (QED) is 0.920. The molecule has 1 aliphatic rings. The van der Waals surface area contributed by atoms with Crippen LogP contribution in [-0.4, -0.2) is 48.6 Å². The number of nitrogens with zero attached hydrogens (tertiary/aromatic N) is 2. The van der Waals surface area contributed by atoms with Crippen LogP contribution >= 0.6 is 15.9 Å². The molecule has 1 unspecified atom stereocenters. The molecule has 1 saturated heterocycles. The highest BCUT2D eigenvalue weighted by atomic mass is 79.9. The van der Waals surface area contributed by atoms with Gasteiger partial charge in [-0.3, -0.25) is 4.79 Å². The highest BCUT2D eigenvalue weighted by Gasteiger charge is 2.28. The number of hydrogen-bond acceptors (Lipinski definition) is 4. The Bertz CT molecular complexity index is 467. The third-order valence-corrected chi connectivity index (χ3v) is 3.63. The maximum atomic E-state index is 12.5. The summed E-state index contributed by atoms with van der Waals surface area (Å²) >= 11 is 3.36. The molecule has 2 rings (SSSR count). The fourth-order valence-corrected chi connectivity index (χ4v) is 2.52. The lowest BCUT2D eigenvalue weighted by Crippen LogP contribution is -2.30. The average molecular weight is 328 g/mol. The predicted molar refractivity (Wildman–Crippen MR) is 77.4 cm³/mol. The maximum Gasteiger partial charge on any atom is 0.257 e. The molecule has 0 saturated carbocycles. The van der Waals surface area contributed by atoms with Gasteiger partial charge in [0, 0.05) is 37.4 Å². The molecular weight excluding hydrogens is 310 g/mol. The summed E-state index contributed by atoms with van der Waals surface area (Å²) in [6.45, 7) is 4.09. The summed E-state index contributed by atoms with van der Waals surface area (Å²) < 4.78 is 6.10. The molecule has 0 aliphatic carbocycles. The van der Waals surface area contributed by atoms with Gasteiger partial charge in [0.25, 0.3) is 5.91 Å². The van der Waals surface area contributed by atoms with E-state index >= 15 is 0 Å². The zero-order chi connectivity index (χ0) is 13.8. The van der Waals surface area contributed by atoms with Crippen LogP contribution in [0.1, 0.15) is 23.7 Å². The van der Waals surface area contributed by atoms with Crippen LogP contribution in [0, 0.1) is 0 Å². The zero-order valence-corrected chi connectivity index (χ0v) is 12.7. The molecule has 1 amide bonds. The number of pyridine rings is 1. The van der Waals surface area contributed by atoms with Gasteiger partial charge in [-0.05, 0) is 35.3 Å². The third-order valence-electron chi connectivity index (χ3n) is 3.19. The van der Waals surface area contributed by atoms with Crippen molar-refractivity contribution in [2.75, 3.05) is 32.1 Å². The van der Waals surface area contributed by atoms with E-state index in [0.717, 1.165) is 24.0 Å². The van der Waals surface area contributed by atoms with Gasteiger partial charge in [0.15, 0.2) is 0 Å². The molecular formula is C13H18BrN3O2. The van der Waals surface area contributed by atoms with Crippen LogP contribution in [0.4, 0.5) is 5.82 Å². The Balaban J connectivity index is 2.20. The van der Waals surface area contributed by atoms with Crippen molar-refractivity contribution in [1.82, 2.24) is 9.88 Å². The molecule has 104 valence electrons. The lowest BCUT2D eigenvalue weighted by molar-refractivity contribution is 0.0724. The molecule has 0 spiro atoms. The largest absolute Gasteiger partial charge is 0.380 e. The summed E-state index contributed by atoms with van der Waals surface area (Å²) in [6.07, 6.45) is 2.73. The van der Waals surface area contributed by atoms with Crippen LogP contribution in [0.15, 0.2) is 16.7 Å². The van der Waals surface area contributed by atoms with Crippen molar-refractivity contribution in [3.63, 3.8) is 0 Å². The predicted octanol–water partition coefficient (Wildman–Crippen LogP) is 2.14. The number of nitrogens with one attached hydrogen (secondary N) is 1. The monoisotopic (exact) mass is 327 g/mol. The van der Waals surface area contributed by atoms with E-state index < -0.39 is 0 Å². The van der Waals surface area contributed by atoms with E-state index in [0.29, 0.717) is 17.9 Å². The summed E-state index contributed by atoms with van der Waals surface area (Å²) in [5.41, 5.74) is 0.605. The minimum atomic E-state index is 0.00398. The van der Waals surface area contributed by atoms with Crippen LogP contribution < -0.4 is 5.32 Å². The fourth-order valence-electron chi connectivity index (χ4n) is 2.19. The van der Waals surface area contributed by atoms with Crippen LogP contribution in [0.3, 0.4) is 0 Å². The van der Waals surface area contributed by atoms with Crippen molar-refractivity contribution >= 4 is 27.7 Å². The van der Waals surface area contributed by atoms with Gasteiger partial charge in [0.1, 0.15) is 5.82 Å². The van der Waals surface area contributed by atoms with Gasteiger partial charge in [-0.25, -0.2) is 4.98 Å². The number of rotatable bonds is 4. The van der Waals surface area contributed by atoms with Crippen molar-refractivity contribution in [1.29, 1.82) is 0 Å². The Morgan fingerprint density at radius 2 is 2.47 bits per heavy atom. The number of amides is 1. The van der Waals surface area contributed by atoms with E-state index in [1.807, 2.05) is 17.9 Å². The molecule has 0 aromatic carbocycles. The number of hydrogen-bond donors (Lipinski definition) is 1. The molecule has 1 N–H and O–H groups in total. The molecule has 1 aromatic heterocycles. The van der Waals surface area contributed by atoms with Gasteiger partial charge >= 0.3 is 0 Å². The summed E-state index contributed by atoms with van der Waals surface area (Å²) in [6, 6.07) is 1.81. The molecule has 2 heterocycles. The van der Waals surface area contributed by atoms with E-state index in [1.165, 1.54) is 0 Å². The molecule has 1 aliphatic heterocycles. The number of likely N-dealkylation sites (tertiary alicyclic amines) is 1. The summed E-state index contributed by atoms with van der Waals surface area (Å²) in [5.74, 6) is 0.640. The first kappa shape index (κ1) is 14.3. The first-order valence-electron chi connectivity index (χ1n) is 6.37. The van der Waals surface area contributed by atoms with E-state index in [1.54, 1.807) is 13.3 Å². The lowest BCUT2D eigenvalue weighted by atomic mass is 10.2. The number of carbonyl (C=O) groups is 1. The second-order valence-corrected chi connectivity index (χ2v) is 5.39. The number of carbonyl (C=O) groups excluding carboxylic acids is 1. The normalized spacial score (nSPS) is 18.7. The zero-order valence-electron chi connectivity index (χ0n) is 11.1. The highest BCUT2D eigenvalue weighted by molar-refractivity contribution is 9.10. The second kappa shape index (κ2) is 6.34. The average Bonchev–Trinajstić information content (AvgIpc) is 2.89. The minimum absolute atomic E-state index is 0.00398. The molecule has 1 fully saturated rings. The summed E-state index contributed by atoms with van der Waals surface area (Å²) in [5, 5.41) is 3.12. The first-order valence-corrected chi connectivity index (χ1v) is 7.16. The van der Waals surface area contributed by atoms with Gasteiger partial charge in [0.2, 0.25) is 0 Å². The maximum absolute atomic E-state index is 12.5. The Morgan fingerprint density at radius 3 is 3.11 bits per heavy atom. The van der Waals surface area contributed by atoms with Crippen molar-refractivity contribution in [2.45, 2.75) is 19.4 Å². The van der Waals surface area contributed by atoms with E-state index in [4.69, 9.17) is 4.74 Å². The fraction of sp³-hybridized carbons (Fsp3) is 0.538. The lowest BCUT2D eigenvalue weighted by Gasteiger charge is -2.18. The van der Waals surface area contributed by atoms with E-state index in [-0.39, 0.29) is 12.0 Å². The number of aromatic nitrogens is 1. The molecule has 1 atom stereocenters. The minimum Gasteiger partial charge on any atom is -0.380 e. The molecule has 19 heavy (non-hydrogen) atoms. The van der Waals surface area contributed by atoms with Gasteiger partial charge < -0.3 is 15.0 Å². The first-order chi connectivity index (χ1) is 9.15. The van der Waals surface area contributed by atoms with Crippen molar-refractivity contribution < 1.29 is 9.53 Å². The standard InChI is InChI=1S/C13H18BrN3O2/c1-3-15-12-11(6-9(14)7-16-12)13(18)17-5-4-10(8-17)19-2/h6-7,10H,3-5,8H2,1-2H3,(H,15,16). The van der Waals surface area contributed by atoms with Gasteiger partial charge in [-0.1, -0.05) is 0 Å². The number of anilines is 1. The van der Waals surface area contributed by atoms with Crippen LogP contribution in [0.25, 0.3) is 0 Å². The Kier molecular flexibility index (Phi) is 4.76. The van der Waals surface area contributed by atoms with Crippen LogP contribution in [0.5, 0.6) is 0 Å². The number of halogens is 1. The number of ether oxygens (including phenoxy) is 1. The molecule has 0 bridgehead atoms. The van der Waals surface area contributed by atoms with Crippen molar-refractivity contribution in [3.8, 4) is 0 Å². The summed E-state index contributed by atoms with van der Waals surface area (Å²) in [7, 11) is 1.68. The van der Waals surface area contributed by atoms with Gasteiger partial charge in [0.05, 0.1) is 11.7 Å². The Hall–Kier alpha value is -1.14. The highest BCUT2D eigenvalue weighted by Crippen LogP contribution is 2.22. The molecule has 6 heteroatoms. The van der Waals surface area contributed by atoms with E-state index in [9.17, 15) is 4.79 Å². The van der Waals surface area contributed by atoms with Crippen LogP contribution in [-0.2, 0) is 4.74 Å². The van der Waals surface area contributed by atoms with Gasteiger partial charge in [-0.2, -0.15) is 0 Å². The SMILES string of the molecule is CCNc1ncc(Br)cc1C(=O)N1CCC(OC)C1. The molecule has 0 radical (unpaired) electrons. The van der Waals surface area contributed by atoms with Gasteiger partial charge in [-0.15, -0.1) is 0 Å². The molecule has 5 nitrogen and oxygen atoms in total. The smallest absolute Gasteiger partial charge is 0.257 e. The Labute approximate surface area is 121 Å². The Morgan fingerprint density at radius 1 is 1.68 bits per heavy atom. The second-order valence-electron chi connectivity index (χ2n) is 4.48.